The van der Waals surface area contributed by atoms with Crippen molar-refractivity contribution in [1.82, 2.24) is 9.55 Å². The molecule has 1 aromatic rings. The lowest BCUT2D eigenvalue weighted by Gasteiger charge is -2.35. The molecule has 0 N–H and O–H groups in total. The molecule has 1 unspecified atom stereocenters. The number of rotatable bonds is 6. The van der Waals surface area contributed by atoms with E-state index in [9.17, 15) is 0 Å². The molecule has 0 bridgehead atoms. The van der Waals surface area contributed by atoms with Crippen molar-refractivity contribution in [3.05, 3.63) is 18.2 Å². The minimum Gasteiger partial charge on any atom is -0.376 e. The normalized spacial score (nSPS) is 14.2. The van der Waals surface area contributed by atoms with Gasteiger partial charge in [0.05, 0.1) is 0 Å². The van der Waals surface area contributed by atoms with E-state index in [1.807, 2.05) is 17.8 Å². The van der Waals surface area contributed by atoms with Crippen LogP contribution in [0, 0.1) is 0 Å². The zero-order chi connectivity index (χ0) is 12.2. The van der Waals surface area contributed by atoms with Gasteiger partial charge in [-0.05, 0) is 6.04 Å². The van der Waals surface area contributed by atoms with Crippen molar-refractivity contribution in [2.24, 2.45) is 7.05 Å². The highest BCUT2D eigenvalue weighted by Gasteiger charge is 2.44. The summed E-state index contributed by atoms with van der Waals surface area (Å²) < 4.78 is 18.4. The Bertz CT molecular complexity index is 322. The molecule has 0 saturated heterocycles. The Morgan fingerprint density at radius 3 is 2.38 bits per heavy atom. The quantitative estimate of drug-likeness (QED) is 0.507. The van der Waals surface area contributed by atoms with Crippen LogP contribution in [0.3, 0.4) is 0 Å². The van der Waals surface area contributed by atoms with E-state index in [0.29, 0.717) is 0 Å². The molecule has 6 heteroatoms. The van der Waals surface area contributed by atoms with Crippen LogP contribution in [0.25, 0.3) is 0 Å². The summed E-state index contributed by atoms with van der Waals surface area (Å²) in [5.74, 6) is -0.199. The SMILES string of the molecule is COC(C[SiH3])C(OC)(OC)c1nccn1C. The van der Waals surface area contributed by atoms with E-state index in [1.165, 1.54) is 0 Å². The number of hydrogen-bond acceptors (Lipinski definition) is 4. The van der Waals surface area contributed by atoms with Crippen LogP contribution in [-0.4, -0.2) is 47.2 Å². The first-order valence-electron chi connectivity index (χ1n) is 5.27. The molecular formula is C10H20N2O3Si. The number of imidazole rings is 1. The van der Waals surface area contributed by atoms with Crippen molar-refractivity contribution in [2.75, 3.05) is 21.3 Å². The molecule has 5 nitrogen and oxygen atoms in total. The number of aromatic nitrogens is 2. The monoisotopic (exact) mass is 244 g/mol. The Labute approximate surface area is 99.1 Å². The Hall–Kier alpha value is -0.693. The van der Waals surface area contributed by atoms with Crippen LogP contribution < -0.4 is 0 Å². The summed E-state index contributed by atoms with van der Waals surface area (Å²) in [5, 5.41) is 0. The Kier molecular flexibility index (Phi) is 4.66. The average Bonchev–Trinajstić information content (AvgIpc) is 2.73. The van der Waals surface area contributed by atoms with Gasteiger partial charge in [-0.15, -0.1) is 0 Å². The summed E-state index contributed by atoms with van der Waals surface area (Å²) in [7, 11) is 7.81. The van der Waals surface area contributed by atoms with Crippen LogP contribution in [0.5, 0.6) is 0 Å². The van der Waals surface area contributed by atoms with E-state index in [1.54, 1.807) is 27.5 Å². The summed E-state index contributed by atoms with van der Waals surface area (Å²) in [6.07, 6.45) is 3.44. The predicted octanol–water partition coefficient (Wildman–Crippen LogP) is -0.336. The highest BCUT2D eigenvalue weighted by Crippen LogP contribution is 2.31. The van der Waals surface area contributed by atoms with Gasteiger partial charge in [0.25, 0.3) is 5.79 Å². The van der Waals surface area contributed by atoms with Gasteiger partial charge < -0.3 is 18.8 Å². The molecule has 0 aliphatic heterocycles. The summed E-state index contributed by atoms with van der Waals surface area (Å²) in [6.45, 7) is 0. The lowest BCUT2D eigenvalue weighted by molar-refractivity contribution is -0.275. The minimum absolute atomic E-state index is 0.143. The van der Waals surface area contributed by atoms with Gasteiger partial charge in [-0.3, -0.25) is 0 Å². The maximum Gasteiger partial charge on any atom is 0.254 e. The van der Waals surface area contributed by atoms with Crippen LogP contribution in [0.1, 0.15) is 5.82 Å². The van der Waals surface area contributed by atoms with Crippen LogP contribution in [0.15, 0.2) is 12.4 Å². The van der Waals surface area contributed by atoms with Gasteiger partial charge in [0.1, 0.15) is 6.10 Å². The molecule has 1 aromatic heterocycles. The summed E-state index contributed by atoms with van der Waals surface area (Å²) in [6, 6.07) is 0.908. The Morgan fingerprint density at radius 1 is 1.44 bits per heavy atom. The van der Waals surface area contributed by atoms with Gasteiger partial charge >= 0.3 is 0 Å². The molecule has 0 aliphatic rings. The fourth-order valence-corrected chi connectivity index (χ4v) is 2.84. The molecule has 1 atom stereocenters. The van der Waals surface area contributed by atoms with Gasteiger partial charge in [0, 0.05) is 51.0 Å². The maximum absolute atomic E-state index is 5.55. The van der Waals surface area contributed by atoms with Crippen molar-refractivity contribution in [2.45, 2.75) is 17.9 Å². The molecule has 1 rings (SSSR count). The second kappa shape index (κ2) is 5.58. The summed E-state index contributed by atoms with van der Waals surface area (Å²) >= 11 is 0. The molecule has 0 fully saturated rings. The lowest BCUT2D eigenvalue weighted by Crippen LogP contribution is -2.46. The van der Waals surface area contributed by atoms with Crippen molar-refractivity contribution in [3.8, 4) is 0 Å². The van der Waals surface area contributed by atoms with E-state index in [4.69, 9.17) is 14.2 Å². The van der Waals surface area contributed by atoms with E-state index < -0.39 is 5.79 Å². The molecule has 0 radical (unpaired) electrons. The van der Waals surface area contributed by atoms with Gasteiger partial charge in [0.15, 0.2) is 5.82 Å². The van der Waals surface area contributed by atoms with E-state index in [0.717, 1.165) is 22.1 Å². The molecule has 0 aliphatic carbocycles. The van der Waals surface area contributed by atoms with Gasteiger partial charge in [-0.25, -0.2) is 4.98 Å². The Balaban J connectivity index is 3.19. The highest BCUT2D eigenvalue weighted by atomic mass is 28.1. The smallest absolute Gasteiger partial charge is 0.254 e. The standard InChI is InChI=1S/C10H20N2O3Si/c1-12-6-5-11-9(12)10(14-3,15-4)8(7-16)13-2/h5-6,8H,7H2,1-4,16H3. The molecule has 0 amide bonds. The maximum atomic E-state index is 5.55. The first kappa shape index (κ1) is 13.4. The van der Waals surface area contributed by atoms with Crippen molar-refractivity contribution >= 4 is 10.2 Å². The molecule has 0 saturated carbocycles. The second-order valence-corrected chi connectivity index (χ2v) is 4.39. The van der Waals surface area contributed by atoms with Gasteiger partial charge in [-0.2, -0.15) is 0 Å². The fourth-order valence-electron chi connectivity index (χ4n) is 1.96. The fraction of sp³-hybridized carbons (Fsp3) is 0.700. The molecule has 16 heavy (non-hydrogen) atoms. The average molecular weight is 244 g/mol. The number of nitrogens with zero attached hydrogens (tertiary/aromatic N) is 2. The predicted molar refractivity (Wildman–Crippen MR) is 64.4 cm³/mol. The first-order chi connectivity index (χ1) is 7.66. The topological polar surface area (TPSA) is 45.5 Å². The third-order valence-corrected chi connectivity index (χ3v) is 3.56. The van der Waals surface area contributed by atoms with E-state index >= 15 is 0 Å². The molecular weight excluding hydrogens is 224 g/mol. The van der Waals surface area contributed by atoms with Crippen LogP contribution >= 0.6 is 0 Å². The van der Waals surface area contributed by atoms with Crippen molar-refractivity contribution in [1.29, 1.82) is 0 Å². The summed E-state index contributed by atoms with van der Waals surface area (Å²) in [5.41, 5.74) is 0. The van der Waals surface area contributed by atoms with Gasteiger partial charge in [0.2, 0.25) is 0 Å². The Morgan fingerprint density at radius 2 is 2.06 bits per heavy atom. The number of aryl methyl sites for hydroxylation is 1. The molecule has 0 spiro atoms. The number of hydrogen-bond donors (Lipinski definition) is 0. The van der Waals surface area contributed by atoms with E-state index in [-0.39, 0.29) is 6.10 Å². The zero-order valence-corrected chi connectivity index (χ0v) is 12.6. The first-order valence-corrected chi connectivity index (χ1v) is 6.68. The zero-order valence-electron chi connectivity index (χ0n) is 10.6. The summed E-state index contributed by atoms with van der Waals surface area (Å²) in [4.78, 5) is 4.30. The largest absolute Gasteiger partial charge is 0.376 e. The third-order valence-electron chi connectivity index (χ3n) is 2.82. The number of ether oxygens (including phenoxy) is 3. The lowest BCUT2D eigenvalue weighted by atomic mass is 10.1. The van der Waals surface area contributed by atoms with E-state index in [2.05, 4.69) is 4.98 Å². The highest BCUT2D eigenvalue weighted by molar-refractivity contribution is 6.08. The number of methoxy groups -OCH3 is 3. The third kappa shape index (κ3) is 2.06. The van der Waals surface area contributed by atoms with Crippen LogP contribution in [-0.2, 0) is 27.0 Å². The molecule has 1 heterocycles. The van der Waals surface area contributed by atoms with Crippen molar-refractivity contribution < 1.29 is 14.2 Å². The van der Waals surface area contributed by atoms with Crippen molar-refractivity contribution in [3.63, 3.8) is 0 Å². The van der Waals surface area contributed by atoms with Crippen LogP contribution in [0.2, 0.25) is 6.04 Å². The molecule has 0 aromatic carbocycles. The van der Waals surface area contributed by atoms with Gasteiger partial charge in [-0.1, -0.05) is 0 Å². The molecule has 92 valence electrons. The van der Waals surface area contributed by atoms with Crippen LogP contribution in [0.4, 0.5) is 0 Å². The second-order valence-electron chi connectivity index (χ2n) is 3.57. The minimum atomic E-state index is -0.922.